The minimum absolute atomic E-state index is 0.0591. The normalized spacial score (nSPS) is 10.2. The van der Waals surface area contributed by atoms with Gasteiger partial charge in [-0.2, -0.15) is 0 Å². The van der Waals surface area contributed by atoms with Crippen molar-refractivity contribution in [2.45, 2.75) is 6.54 Å². The van der Waals surface area contributed by atoms with E-state index in [1.54, 1.807) is 18.2 Å². The summed E-state index contributed by atoms with van der Waals surface area (Å²) in [5.74, 6) is 0.775. The minimum atomic E-state index is -0.331. The van der Waals surface area contributed by atoms with Crippen molar-refractivity contribution >= 4 is 11.6 Å². The molecule has 4 nitrogen and oxygen atoms in total. The van der Waals surface area contributed by atoms with Crippen molar-refractivity contribution in [2.24, 2.45) is 0 Å². The highest BCUT2D eigenvalue weighted by atomic mass is 19.1. The van der Waals surface area contributed by atoms with Crippen LogP contribution in [0.15, 0.2) is 78.9 Å². The number of ether oxygens (including phenoxy) is 1. The van der Waals surface area contributed by atoms with E-state index in [0.29, 0.717) is 22.7 Å². The van der Waals surface area contributed by atoms with E-state index in [0.717, 1.165) is 0 Å². The Morgan fingerprint density at radius 1 is 0.885 bits per heavy atom. The van der Waals surface area contributed by atoms with E-state index >= 15 is 0 Å². The van der Waals surface area contributed by atoms with Crippen LogP contribution in [0.5, 0.6) is 11.5 Å². The highest BCUT2D eigenvalue weighted by molar-refractivity contribution is 5.81. The van der Waals surface area contributed by atoms with Crippen molar-refractivity contribution in [1.29, 1.82) is 0 Å². The fourth-order valence-electron chi connectivity index (χ4n) is 2.39. The maximum atomic E-state index is 13.6. The molecule has 1 amide bonds. The Labute approximate surface area is 151 Å². The number of anilines is 1. The number of hydrogen-bond donors (Lipinski definition) is 2. The number of halogens is 1. The van der Waals surface area contributed by atoms with Gasteiger partial charge in [-0.15, -0.1) is 0 Å². The zero-order chi connectivity index (χ0) is 18.2. The van der Waals surface area contributed by atoms with Crippen molar-refractivity contribution < 1.29 is 13.9 Å². The van der Waals surface area contributed by atoms with Crippen molar-refractivity contribution in [2.75, 3.05) is 11.9 Å². The Balaban J connectivity index is 1.56. The molecule has 0 bridgehead atoms. The van der Waals surface area contributed by atoms with Gasteiger partial charge >= 0.3 is 0 Å². The first kappa shape index (κ1) is 17.5. The van der Waals surface area contributed by atoms with Crippen LogP contribution in [-0.4, -0.2) is 12.5 Å². The predicted octanol–water partition coefficient (Wildman–Crippen LogP) is 4.35. The lowest BCUT2D eigenvalue weighted by atomic mass is 10.2. The lowest BCUT2D eigenvalue weighted by molar-refractivity contribution is -0.119. The lowest BCUT2D eigenvalue weighted by Gasteiger charge is -2.13. The van der Waals surface area contributed by atoms with Crippen LogP contribution in [0, 0.1) is 5.82 Å². The van der Waals surface area contributed by atoms with E-state index in [1.165, 1.54) is 6.07 Å². The summed E-state index contributed by atoms with van der Waals surface area (Å²) < 4.78 is 19.4. The second-order valence-electron chi connectivity index (χ2n) is 5.63. The van der Waals surface area contributed by atoms with E-state index in [-0.39, 0.29) is 24.8 Å². The molecule has 26 heavy (non-hydrogen) atoms. The molecule has 5 heteroatoms. The molecule has 0 saturated heterocycles. The van der Waals surface area contributed by atoms with Crippen LogP contribution < -0.4 is 15.4 Å². The summed E-state index contributed by atoms with van der Waals surface area (Å²) in [5, 5.41) is 5.75. The SMILES string of the molecule is O=C(CNc1ccccc1Oc1ccccc1)NCc1ccccc1F. The fourth-order valence-corrected chi connectivity index (χ4v) is 2.39. The van der Waals surface area contributed by atoms with Gasteiger partial charge in [-0.3, -0.25) is 4.79 Å². The van der Waals surface area contributed by atoms with Gasteiger partial charge in [0.25, 0.3) is 0 Å². The Morgan fingerprint density at radius 3 is 2.38 bits per heavy atom. The van der Waals surface area contributed by atoms with Crippen LogP contribution in [-0.2, 0) is 11.3 Å². The highest BCUT2D eigenvalue weighted by Gasteiger charge is 2.07. The van der Waals surface area contributed by atoms with Gasteiger partial charge in [0.1, 0.15) is 11.6 Å². The van der Waals surface area contributed by atoms with Crippen LogP contribution >= 0.6 is 0 Å². The third-order valence-electron chi connectivity index (χ3n) is 3.73. The second kappa shape index (κ2) is 8.67. The summed E-state index contributed by atoms with van der Waals surface area (Å²) in [7, 11) is 0. The molecule has 3 rings (SSSR count). The van der Waals surface area contributed by atoms with Crippen LogP contribution in [0.2, 0.25) is 0 Å². The zero-order valence-electron chi connectivity index (χ0n) is 14.1. The Morgan fingerprint density at radius 2 is 1.58 bits per heavy atom. The summed E-state index contributed by atoms with van der Waals surface area (Å²) in [6, 6.07) is 23.2. The number of carbonyl (C=O) groups excluding carboxylic acids is 1. The third kappa shape index (κ3) is 4.83. The molecule has 0 radical (unpaired) electrons. The molecule has 0 spiro atoms. The smallest absolute Gasteiger partial charge is 0.239 e. The van der Waals surface area contributed by atoms with Crippen LogP contribution in [0.4, 0.5) is 10.1 Å². The lowest BCUT2D eigenvalue weighted by Crippen LogP contribution is -2.29. The summed E-state index contributed by atoms with van der Waals surface area (Å²) in [5.41, 5.74) is 1.16. The van der Waals surface area contributed by atoms with E-state index in [1.807, 2.05) is 54.6 Å². The van der Waals surface area contributed by atoms with Crippen molar-refractivity contribution in [3.63, 3.8) is 0 Å². The van der Waals surface area contributed by atoms with Crippen LogP contribution in [0.1, 0.15) is 5.56 Å². The molecule has 0 unspecified atom stereocenters. The number of rotatable bonds is 7. The summed E-state index contributed by atoms with van der Waals surface area (Å²) in [6.07, 6.45) is 0. The molecule has 0 aromatic heterocycles. The molecule has 2 N–H and O–H groups in total. The molecule has 0 saturated carbocycles. The Bertz CT molecular complexity index is 869. The van der Waals surface area contributed by atoms with Crippen molar-refractivity contribution in [3.8, 4) is 11.5 Å². The fraction of sp³-hybridized carbons (Fsp3) is 0.0952. The van der Waals surface area contributed by atoms with E-state index in [4.69, 9.17) is 4.74 Å². The van der Waals surface area contributed by atoms with Gasteiger partial charge < -0.3 is 15.4 Å². The largest absolute Gasteiger partial charge is 0.455 e. The number of amides is 1. The quantitative estimate of drug-likeness (QED) is 0.666. The van der Waals surface area contributed by atoms with Crippen LogP contribution in [0.25, 0.3) is 0 Å². The molecular weight excluding hydrogens is 331 g/mol. The number of para-hydroxylation sites is 3. The van der Waals surface area contributed by atoms with E-state index in [2.05, 4.69) is 10.6 Å². The molecule has 132 valence electrons. The van der Waals surface area contributed by atoms with E-state index < -0.39 is 0 Å². The number of hydrogen-bond acceptors (Lipinski definition) is 3. The second-order valence-corrected chi connectivity index (χ2v) is 5.63. The first-order chi connectivity index (χ1) is 12.7. The van der Waals surface area contributed by atoms with Gasteiger partial charge in [0.05, 0.1) is 12.2 Å². The maximum absolute atomic E-state index is 13.6. The maximum Gasteiger partial charge on any atom is 0.239 e. The molecule has 3 aromatic carbocycles. The molecule has 0 aliphatic heterocycles. The first-order valence-corrected chi connectivity index (χ1v) is 8.28. The molecule has 3 aromatic rings. The summed E-state index contributed by atoms with van der Waals surface area (Å²) >= 11 is 0. The van der Waals surface area contributed by atoms with E-state index in [9.17, 15) is 9.18 Å². The minimum Gasteiger partial charge on any atom is -0.455 e. The molecular formula is C21H19FN2O2. The summed E-state index contributed by atoms with van der Waals surface area (Å²) in [4.78, 5) is 12.0. The topological polar surface area (TPSA) is 50.4 Å². The van der Waals surface area contributed by atoms with Gasteiger partial charge in [-0.05, 0) is 30.3 Å². The molecule has 0 fully saturated rings. The average molecular weight is 350 g/mol. The Kier molecular flexibility index (Phi) is 5.83. The average Bonchev–Trinajstić information content (AvgIpc) is 2.67. The monoisotopic (exact) mass is 350 g/mol. The van der Waals surface area contributed by atoms with Gasteiger partial charge in [0, 0.05) is 12.1 Å². The van der Waals surface area contributed by atoms with Gasteiger partial charge in [-0.1, -0.05) is 48.5 Å². The van der Waals surface area contributed by atoms with Gasteiger partial charge in [0.15, 0.2) is 5.75 Å². The van der Waals surface area contributed by atoms with Crippen LogP contribution in [0.3, 0.4) is 0 Å². The summed E-state index contributed by atoms with van der Waals surface area (Å²) in [6.45, 7) is 0.207. The molecule has 0 aliphatic carbocycles. The number of nitrogens with one attached hydrogen (secondary N) is 2. The molecule has 0 heterocycles. The zero-order valence-corrected chi connectivity index (χ0v) is 14.1. The molecule has 0 atom stereocenters. The predicted molar refractivity (Wildman–Crippen MR) is 99.7 cm³/mol. The first-order valence-electron chi connectivity index (χ1n) is 8.28. The van der Waals surface area contributed by atoms with Gasteiger partial charge in [0.2, 0.25) is 5.91 Å². The third-order valence-corrected chi connectivity index (χ3v) is 3.73. The van der Waals surface area contributed by atoms with Gasteiger partial charge in [-0.25, -0.2) is 4.39 Å². The molecule has 0 aliphatic rings. The number of carbonyl (C=O) groups is 1. The van der Waals surface area contributed by atoms with Crippen molar-refractivity contribution in [1.82, 2.24) is 5.32 Å². The highest BCUT2D eigenvalue weighted by Crippen LogP contribution is 2.28. The Hall–Kier alpha value is -3.34. The standard InChI is InChI=1S/C21H19FN2O2/c22-18-11-5-4-8-16(18)14-24-21(25)15-23-19-12-6-7-13-20(19)26-17-9-2-1-3-10-17/h1-13,23H,14-15H2,(H,24,25). The van der Waals surface area contributed by atoms with Crippen molar-refractivity contribution in [3.05, 3.63) is 90.2 Å². The number of benzene rings is 3.